The highest BCUT2D eigenvalue weighted by atomic mass is 16.2. The van der Waals surface area contributed by atoms with Gasteiger partial charge in [0.05, 0.1) is 11.1 Å². The quantitative estimate of drug-likeness (QED) is 0.689. The van der Waals surface area contributed by atoms with Gasteiger partial charge in [-0.05, 0) is 52.7 Å². The summed E-state index contributed by atoms with van der Waals surface area (Å²) >= 11 is 0. The molecule has 2 heterocycles. The molecule has 2 N–H and O–H groups in total. The zero-order valence-corrected chi connectivity index (χ0v) is 18.2. The molecule has 8 nitrogen and oxygen atoms in total. The normalized spacial score (nSPS) is 11.9. The van der Waals surface area contributed by atoms with Crippen molar-refractivity contribution < 1.29 is 9.59 Å². The Balaban J connectivity index is 1.82. The number of carbonyl (C=O) groups is 2. The Morgan fingerprint density at radius 2 is 1.20 bits per heavy atom. The maximum absolute atomic E-state index is 12.7. The van der Waals surface area contributed by atoms with Crippen molar-refractivity contribution in [2.75, 3.05) is 0 Å². The third-order valence-corrected chi connectivity index (χ3v) is 5.23. The van der Waals surface area contributed by atoms with Crippen LogP contribution >= 0.6 is 0 Å². The zero-order chi connectivity index (χ0) is 22.1. The molecule has 0 bridgehead atoms. The number of aromatic nitrogens is 4. The van der Waals surface area contributed by atoms with Crippen molar-refractivity contribution in [2.45, 2.75) is 52.6 Å². The predicted molar refractivity (Wildman–Crippen MR) is 114 cm³/mol. The first-order valence-corrected chi connectivity index (χ1v) is 9.77. The monoisotopic (exact) mass is 408 g/mol. The average molecular weight is 409 g/mol. The summed E-state index contributed by atoms with van der Waals surface area (Å²) in [6.07, 6.45) is 6.45. The Morgan fingerprint density at radius 3 is 1.53 bits per heavy atom. The standard InChI is InChI=1S/C22H28N6O2/c1-15-23-10-12-27(15)19(29)25-21(3,4)17-8-7-9-18(14-17)22(5,6)26-20(30)28-13-11-24-16(28)2/h7-14H,1-6H3,(H,25,29)(H,26,30). The average Bonchev–Trinajstić information content (AvgIpc) is 3.29. The van der Waals surface area contributed by atoms with E-state index in [0.29, 0.717) is 11.6 Å². The van der Waals surface area contributed by atoms with E-state index in [1.54, 1.807) is 38.6 Å². The highest BCUT2D eigenvalue weighted by molar-refractivity contribution is 5.79. The Labute approximate surface area is 176 Å². The number of hydrogen-bond acceptors (Lipinski definition) is 4. The summed E-state index contributed by atoms with van der Waals surface area (Å²) in [6.45, 7) is 11.3. The van der Waals surface area contributed by atoms with Crippen LogP contribution in [-0.2, 0) is 11.1 Å². The van der Waals surface area contributed by atoms with E-state index in [0.717, 1.165) is 11.1 Å². The summed E-state index contributed by atoms with van der Waals surface area (Å²) in [5, 5.41) is 6.10. The van der Waals surface area contributed by atoms with Gasteiger partial charge < -0.3 is 10.6 Å². The van der Waals surface area contributed by atoms with Crippen LogP contribution in [-0.4, -0.2) is 31.2 Å². The van der Waals surface area contributed by atoms with Gasteiger partial charge in [0.25, 0.3) is 0 Å². The minimum absolute atomic E-state index is 0.247. The fourth-order valence-electron chi connectivity index (χ4n) is 3.28. The molecule has 3 rings (SSSR count). The number of nitrogens with zero attached hydrogens (tertiary/aromatic N) is 4. The van der Waals surface area contributed by atoms with Gasteiger partial charge in [0.2, 0.25) is 0 Å². The lowest BCUT2D eigenvalue weighted by Crippen LogP contribution is -2.45. The summed E-state index contributed by atoms with van der Waals surface area (Å²) < 4.78 is 2.95. The largest absolute Gasteiger partial charge is 0.328 e. The number of hydrogen-bond donors (Lipinski definition) is 2. The first-order valence-electron chi connectivity index (χ1n) is 9.77. The van der Waals surface area contributed by atoms with Crippen molar-refractivity contribution in [3.8, 4) is 0 Å². The number of nitrogens with one attached hydrogen (secondary N) is 2. The zero-order valence-electron chi connectivity index (χ0n) is 18.2. The molecule has 0 unspecified atom stereocenters. The number of benzene rings is 1. The molecule has 0 aliphatic heterocycles. The smallest absolute Gasteiger partial charge is 0.327 e. The molecule has 2 amide bonds. The highest BCUT2D eigenvalue weighted by Crippen LogP contribution is 2.27. The lowest BCUT2D eigenvalue weighted by Gasteiger charge is -2.31. The maximum atomic E-state index is 12.7. The first-order chi connectivity index (χ1) is 14.0. The lowest BCUT2D eigenvalue weighted by atomic mass is 9.87. The van der Waals surface area contributed by atoms with E-state index in [4.69, 9.17) is 0 Å². The molecule has 1 aromatic carbocycles. The third-order valence-electron chi connectivity index (χ3n) is 5.23. The molecular formula is C22H28N6O2. The van der Waals surface area contributed by atoms with E-state index in [-0.39, 0.29) is 12.1 Å². The molecule has 0 aliphatic carbocycles. The Morgan fingerprint density at radius 1 is 0.800 bits per heavy atom. The van der Waals surface area contributed by atoms with Crippen LogP contribution < -0.4 is 10.6 Å². The van der Waals surface area contributed by atoms with Crippen molar-refractivity contribution >= 4 is 12.1 Å². The number of aryl methyl sites for hydroxylation is 2. The Bertz CT molecular complexity index is 995. The van der Waals surface area contributed by atoms with Crippen molar-refractivity contribution in [1.82, 2.24) is 29.7 Å². The van der Waals surface area contributed by atoms with Crippen LogP contribution in [0.5, 0.6) is 0 Å². The minimum atomic E-state index is -0.634. The number of carbonyl (C=O) groups excluding carboxylic acids is 2. The van der Waals surface area contributed by atoms with E-state index in [9.17, 15) is 9.59 Å². The van der Waals surface area contributed by atoms with Crippen LogP contribution in [0.3, 0.4) is 0 Å². The van der Waals surface area contributed by atoms with Crippen molar-refractivity contribution in [2.24, 2.45) is 0 Å². The molecule has 0 aliphatic rings. The van der Waals surface area contributed by atoms with E-state index >= 15 is 0 Å². The second-order valence-corrected chi connectivity index (χ2v) is 8.38. The van der Waals surface area contributed by atoms with E-state index < -0.39 is 11.1 Å². The van der Waals surface area contributed by atoms with Crippen LogP contribution in [0.15, 0.2) is 49.1 Å². The fraction of sp³-hybridized carbons (Fsp3) is 0.364. The topological polar surface area (TPSA) is 93.8 Å². The van der Waals surface area contributed by atoms with Gasteiger partial charge in [-0.3, -0.25) is 9.13 Å². The van der Waals surface area contributed by atoms with Gasteiger partial charge >= 0.3 is 12.1 Å². The molecule has 0 spiro atoms. The van der Waals surface area contributed by atoms with E-state index in [1.165, 1.54) is 9.13 Å². The number of imidazole rings is 2. The van der Waals surface area contributed by atoms with Crippen LogP contribution in [0.1, 0.15) is 50.5 Å². The summed E-state index contributed by atoms with van der Waals surface area (Å²) in [5.74, 6) is 1.24. The van der Waals surface area contributed by atoms with E-state index in [2.05, 4.69) is 20.6 Å². The molecule has 0 fully saturated rings. The fourth-order valence-corrected chi connectivity index (χ4v) is 3.28. The van der Waals surface area contributed by atoms with Crippen molar-refractivity contribution in [3.63, 3.8) is 0 Å². The van der Waals surface area contributed by atoms with Gasteiger partial charge in [-0.1, -0.05) is 24.3 Å². The molecule has 0 saturated carbocycles. The molecule has 158 valence electrons. The second kappa shape index (κ2) is 7.78. The molecule has 2 aromatic heterocycles. The lowest BCUT2D eigenvalue weighted by molar-refractivity contribution is 0.231. The Hall–Kier alpha value is -3.42. The second-order valence-electron chi connectivity index (χ2n) is 8.38. The van der Waals surface area contributed by atoms with Gasteiger partial charge in [-0.25, -0.2) is 19.6 Å². The molecule has 3 aromatic rings. The van der Waals surface area contributed by atoms with Crippen LogP contribution in [0, 0.1) is 13.8 Å². The van der Waals surface area contributed by atoms with Gasteiger partial charge in [-0.15, -0.1) is 0 Å². The predicted octanol–water partition coefficient (Wildman–Crippen LogP) is 3.68. The maximum Gasteiger partial charge on any atom is 0.327 e. The molecule has 0 saturated heterocycles. The summed E-state index contributed by atoms with van der Waals surface area (Å²) in [4.78, 5) is 33.5. The third kappa shape index (κ3) is 4.27. The summed E-state index contributed by atoms with van der Waals surface area (Å²) in [5.41, 5.74) is 0.579. The van der Waals surface area contributed by atoms with E-state index in [1.807, 2.05) is 52.0 Å². The van der Waals surface area contributed by atoms with Gasteiger partial charge in [-0.2, -0.15) is 0 Å². The number of amides is 2. The molecule has 30 heavy (non-hydrogen) atoms. The Kier molecular flexibility index (Phi) is 5.52. The van der Waals surface area contributed by atoms with Crippen molar-refractivity contribution in [1.29, 1.82) is 0 Å². The SMILES string of the molecule is Cc1nccn1C(=O)NC(C)(C)c1cccc(C(C)(C)NC(=O)n2ccnc2C)c1. The summed E-state index contributed by atoms with van der Waals surface area (Å²) in [6, 6.07) is 7.36. The van der Waals surface area contributed by atoms with Crippen LogP contribution in [0.4, 0.5) is 9.59 Å². The number of rotatable bonds is 4. The van der Waals surface area contributed by atoms with Gasteiger partial charge in [0, 0.05) is 24.8 Å². The summed E-state index contributed by atoms with van der Waals surface area (Å²) in [7, 11) is 0. The highest BCUT2D eigenvalue weighted by Gasteiger charge is 2.28. The molecule has 0 radical (unpaired) electrons. The van der Waals surface area contributed by atoms with Gasteiger partial charge in [0.1, 0.15) is 11.6 Å². The molecule has 8 heteroatoms. The minimum Gasteiger partial charge on any atom is -0.328 e. The molecular weight excluding hydrogens is 380 g/mol. The van der Waals surface area contributed by atoms with Crippen molar-refractivity contribution in [3.05, 3.63) is 71.8 Å². The first kappa shape index (κ1) is 21.3. The van der Waals surface area contributed by atoms with Crippen LogP contribution in [0.2, 0.25) is 0 Å². The molecule has 0 atom stereocenters. The van der Waals surface area contributed by atoms with Gasteiger partial charge in [0.15, 0.2) is 0 Å². The van der Waals surface area contributed by atoms with Crippen LogP contribution in [0.25, 0.3) is 0 Å².